The van der Waals surface area contributed by atoms with Crippen molar-refractivity contribution in [3.63, 3.8) is 0 Å². The topological polar surface area (TPSA) is 63.4 Å². The second kappa shape index (κ2) is 3.59. The normalized spacial score (nSPS) is 22.9. The number of hydrogen-bond donors (Lipinski definition) is 1. The van der Waals surface area contributed by atoms with Crippen LogP contribution in [-0.2, 0) is 9.59 Å². The average molecular weight is 198 g/mol. The Bertz CT molecular complexity index is 255. The molecular formula is C10H18N2O2. The average Bonchev–Trinajstić information content (AvgIpc) is 2.29. The molecule has 0 bridgehead atoms. The van der Waals surface area contributed by atoms with Crippen molar-refractivity contribution < 1.29 is 9.59 Å². The Labute approximate surface area is 84.4 Å². The van der Waals surface area contributed by atoms with Gasteiger partial charge in [0.05, 0.1) is 5.92 Å². The lowest BCUT2D eigenvalue weighted by molar-refractivity contribution is -0.129. The predicted octanol–water partition coefficient (Wildman–Crippen LogP) is 0.366. The van der Waals surface area contributed by atoms with E-state index in [4.69, 9.17) is 5.73 Å². The first-order chi connectivity index (χ1) is 6.29. The maximum Gasteiger partial charge on any atom is 0.223 e. The van der Waals surface area contributed by atoms with E-state index in [9.17, 15) is 9.59 Å². The summed E-state index contributed by atoms with van der Waals surface area (Å²) in [5, 5.41) is 0. The molecule has 1 heterocycles. The molecule has 0 saturated carbocycles. The number of amides is 2. The molecule has 1 aliphatic heterocycles. The SMILES string of the molecule is CC(C)(C)CN1CC(C(N)=O)CC1=O. The summed E-state index contributed by atoms with van der Waals surface area (Å²) in [5.74, 6) is -0.608. The van der Waals surface area contributed by atoms with Crippen LogP contribution in [0.2, 0.25) is 0 Å². The van der Waals surface area contributed by atoms with Crippen LogP contribution in [0.4, 0.5) is 0 Å². The van der Waals surface area contributed by atoms with Gasteiger partial charge in [-0.2, -0.15) is 0 Å². The van der Waals surface area contributed by atoms with Gasteiger partial charge in [-0.3, -0.25) is 9.59 Å². The highest BCUT2D eigenvalue weighted by atomic mass is 16.2. The molecule has 0 aromatic rings. The molecule has 0 radical (unpaired) electrons. The van der Waals surface area contributed by atoms with Gasteiger partial charge in [-0.15, -0.1) is 0 Å². The molecule has 0 aromatic carbocycles. The molecule has 2 amide bonds. The van der Waals surface area contributed by atoms with E-state index in [1.807, 2.05) is 0 Å². The fourth-order valence-corrected chi connectivity index (χ4v) is 1.69. The third-order valence-corrected chi connectivity index (χ3v) is 2.28. The molecule has 0 aliphatic carbocycles. The summed E-state index contributed by atoms with van der Waals surface area (Å²) in [6, 6.07) is 0. The minimum atomic E-state index is -0.366. The van der Waals surface area contributed by atoms with E-state index in [-0.39, 0.29) is 29.6 Å². The van der Waals surface area contributed by atoms with Crippen molar-refractivity contribution in [3.8, 4) is 0 Å². The van der Waals surface area contributed by atoms with Crippen LogP contribution in [0.15, 0.2) is 0 Å². The van der Waals surface area contributed by atoms with E-state index in [1.165, 1.54) is 0 Å². The number of carbonyl (C=O) groups is 2. The molecule has 2 N–H and O–H groups in total. The molecule has 1 unspecified atom stereocenters. The lowest BCUT2D eigenvalue weighted by atomic mass is 9.96. The van der Waals surface area contributed by atoms with Crippen molar-refractivity contribution in [1.29, 1.82) is 0 Å². The number of rotatable bonds is 2. The third kappa shape index (κ3) is 2.72. The first-order valence-corrected chi connectivity index (χ1v) is 4.87. The molecule has 0 aromatic heterocycles. The Morgan fingerprint density at radius 3 is 2.50 bits per heavy atom. The fourth-order valence-electron chi connectivity index (χ4n) is 1.69. The lowest BCUT2D eigenvalue weighted by Crippen LogP contribution is -2.35. The lowest BCUT2D eigenvalue weighted by Gasteiger charge is -2.26. The fraction of sp³-hybridized carbons (Fsp3) is 0.800. The number of nitrogens with two attached hydrogens (primary N) is 1. The quantitative estimate of drug-likeness (QED) is 0.696. The van der Waals surface area contributed by atoms with Gasteiger partial charge >= 0.3 is 0 Å². The van der Waals surface area contributed by atoms with E-state index in [1.54, 1.807) is 4.90 Å². The van der Waals surface area contributed by atoms with Gasteiger partial charge in [-0.1, -0.05) is 20.8 Å². The molecule has 0 spiro atoms. The summed E-state index contributed by atoms with van der Waals surface area (Å²) in [4.78, 5) is 24.1. The van der Waals surface area contributed by atoms with Gasteiger partial charge in [0.2, 0.25) is 11.8 Å². The Hall–Kier alpha value is -1.06. The second-order valence-electron chi connectivity index (χ2n) is 5.14. The van der Waals surface area contributed by atoms with Gasteiger partial charge in [0.1, 0.15) is 0 Å². The van der Waals surface area contributed by atoms with Crippen molar-refractivity contribution >= 4 is 11.8 Å². The Morgan fingerprint density at radius 1 is 1.57 bits per heavy atom. The number of carbonyl (C=O) groups excluding carboxylic acids is 2. The smallest absolute Gasteiger partial charge is 0.223 e. The number of primary amides is 1. The first kappa shape index (κ1) is 11.0. The largest absolute Gasteiger partial charge is 0.369 e. The maximum absolute atomic E-state index is 11.5. The van der Waals surface area contributed by atoms with Crippen molar-refractivity contribution in [1.82, 2.24) is 4.90 Å². The molecule has 1 saturated heterocycles. The second-order valence-corrected chi connectivity index (χ2v) is 5.14. The summed E-state index contributed by atoms with van der Waals surface area (Å²) < 4.78 is 0. The minimum absolute atomic E-state index is 0.0451. The molecule has 4 heteroatoms. The van der Waals surface area contributed by atoms with Crippen molar-refractivity contribution in [2.24, 2.45) is 17.1 Å². The molecule has 1 atom stereocenters. The zero-order valence-electron chi connectivity index (χ0n) is 9.04. The predicted molar refractivity (Wildman–Crippen MR) is 53.3 cm³/mol. The van der Waals surface area contributed by atoms with Crippen molar-refractivity contribution in [2.75, 3.05) is 13.1 Å². The molecule has 1 fully saturated rings. The van der Waals surface area contributed by atoms with E-state index in [0.29, 0.717) is 13.1 Å². The highest BCUT2D eigenvalue weighted by Gasteiger charge is 2.34. The highest BCUT2D eigenvalue weighted by Crippen LogP contribution is 2.23. The summed E-state index contributed by atoms with van der Waals surface area (Å²) in [6.07, 6.45) is 0.283. The number of likely N-dealkylation sites (tertiary alicyclic amines) is 1. The van der Waals surface area contributed by atoms with Gasteiger partial charge in [-0.05, 0) is 5.41 Å². The van der Waals surface area contributed by atoms with Crippen LogP contribution in [0.25, 0.3) is 0 Å². The van der Waals surface area contributed by atoms with E-state index >= 15 is 0 Å². The van der Waals surface area contributed by atoms with Crippen LogP contribution in [-0.4, -0.2) is 29.8 Å². The summed E-state index contributed by atoms with van der Waals surface area (Å²) >= 11 is 0. The van der Waals surface area contributed by atoms with Crippen LogP contribution < -0.4 is 5.73 Å². The maximum atomic E-state index is 11.5. The Morgan fingerprint density at radius 2 is 2.14 bits per heavy atom. The van der Waals surface area contributed by atoms with E-state index in [0.717, 1.165) is 0 Å². The van der Waals surface area contributed by atoms with Crippen LogP contribution in [0, 0.1) is 11.3 Å². The van der Waals surface area contributed by atoms with Crippen LogP contribution in [0.5, 0.6) is 0 Å². The molecule has 80 valence electrons. The standard InChI is InChI=1S/C10H18N2O2/c1-10(2,3)6-12-5-7(9(11)14)4-8(12)13/h7H,4-6H2,1-3H3,(H2,11,14). The third-order valence-electron chi connectivity index (χ3n) is 2.28. The van der Waals surface area contributed by atoms with Gasteiger partial charge in [0.25, 0.3) is 0 Å². The molecule has 4 nitrogen and oxygen atoms in total. The van der Waals surface area contributed by atoms with Crippen LogP contribution in [0.1, 0.15) is 27.2 Å². The molecule has 14 heavy (non-hydrogen) atoms. The summed E-state index contributed by atoms with van der Waals surface area (Å²) in [5.41, 5.74) is 5.24. The number of nitrogens with zero attached hydrogens (tertiary/aromatic N) is 1. The van der Waals surface area contributed by atoms with Crippen molar-refractivity contribution in [2.45, 2.75) is 27.2 Å². The first-order valence-electron chi connectivity index (χ1n) is 4.87. The van der Waals surface area contributed by atoms with E-state index < -0.39 is 0 Å². The van der Waals surface area contributed by atoms with Gasteiger partial charge in [0.15, 0.2) is 0 Å². The van der Waals surface area contributed by atoms with Gasteiger partial charge < -0.3 is 10.6 Å². The Kier molecular flexibility index (Phi) is 2.83. The van der Waals surface area contributed by atoms with Gasteiger partial charge in [0, 0.05) is 19.5 Å². The minimum Gasteiger partial charge on any atom is -0.369 e. The monoisotopic (exact) mass is 198 g/mol. The molecular weight excluding hydrogens is 180 g/mol. The molecule has 1 aliphatic rings. The molecule has 1 rings (SSSR count). The summed E-state index contributed by atoms with van der Waals surface area (Å²) in [7, 11) is 0. The zero-order chi connectivity index (χ0) is 10.9. The Balaban J connectivity index is 2.58. The van der Waals surface area contributed by atoms with Crippen LogP contribution in [0.3, 0.4) is 0 Å². The zero-order valence-corrected chi connectivity index (χ0v) is 9.04. The summed E-state index contributed by atoms with van der Waals surface area (Å²) in [6.45, 7) is 7.38. The van der Waals surface area contributed by atoms with E-state index in [2.05, 4.69) is 20.8 Å². The van der Waals surface area contributed by atoms with Crippen LogP contribution >= 0.6 is 0 Å². The highest BCUT2D eigenvalue weighted by molar-refractivity contribution is 5.88. The van der Waals surface area contributed by atoms with Crippen molar-refractivity contribution in [3.05, 3.63) is 0 Å². The van der Waals surface area contributed by atoms with Gasteiger partial charge in [-0.25, -0.2) is 0 Å². The number of hydrogen-bond acceptors (Lipinski definition) is 2.